The first-order valence-corrected chi connectivity index (χ1v) is 7.92. The minimum Gasteiger partial charge on any atom is -0.370 e. The number of rotatable bonds is 7. The molecule has 5 heteroatoms. The lowest BCUT2D eigenvalue weighted by Gasteiger charge is -2.25. The third-order valence-electron chi connectivity index (χ3n) is 4.03. The summed E-state index contributed by atoms with van der Waals surface area (Å²) in [6, 6.07) is 16.9. The van der Waals surface area contributed by atoms with Crippen molar-refractivity contribution in [2.75, 3.05) is 18.9 Å². The van der Waals surface area contributed by atoms with E-state index in [4.69, 9.17) is 5.73 Å². The molecule has 0 saturated heterocycles. The largest absolute Gasteiger partial charge is 0.370 e. The second kappa shape index (κ2) is 8.26. The maximum Gasteiger partial charge on any atom is 0.255 e. The highest BCUT2D eigenvalue weighted by Gasteiger charge is 2.13. The second-order valence-electron chi connectivity index (χ2n) is 5.82. The summed E-state index contributed by atoms with van der Waals surface area (Å²) in [5.74, 6) is -0.444. The highest BCUT2D eigenvalue weighted by molar-refractivity contribution is 6.04. The molecule has 0 aliphatic heterocycles. The molecule has 0 radical (unpaired) electrons. The van der Waals surface area contributed by atoms with Crippen molar-refractivity contribution in [1.29, 1.82) is 0 Å². The molecule has 2 rings (SSSR count). The van der Waals surface area contributed by atoms with E-state index in [1.54, 1.807) is 12.1 Å². The van der Waals surface area contributed by atoms with E-state index in [-0.39, 0.29) is 17.9 Å². The van der Waals surface area contributed by atoms with E-state index in [2.05, 4.69) is 17.1 Å². The number of hydrogen-bond donors (Lipinski definition) is 2. The van der Waals surface area contributed by atoms with Crippen LogP contribution < -0.4 is 11.1 Å². The number of amides is 2. The minimum absolute atomic E-state index is 0.109. The SMILES string of the molecule is CC(c1cccc(NC(=O)c2ccccc2)c1)N(C)CCC(N)=O. The number of carbonyl (C=O) groups is 2. The molecule has 0 aliphatic carbocycles. The van der Waals surface area contributed by atoms with Gasteiger partial charge in [0.1, 0.15) is 0 Å². The monoisotopic (exact) mass is 325 g/mol. The molecular weight excluding hydrogens is 302 g/mol. The fourth-order valence-electron chi connectivity index (χ4n) is 2.40. The second-order valence-corrected chi connectivity index (χ2v) is 5.82. The van der Waals surface area contributed by atoms with Gasteiger partial charge in [-0.3, -0.25) is 14.5 Å². The van der Waals surface area contributed by atoms with Crippen LogP contribution in [0.5, 0.6) is 0 Å². The quantitative estimate of drug-likeness (QED) is 0.822. The van der Waals surface area contributed by atoms with E-state index >= 15 is 0 Å². The van der Waals surface area contributed by atoms with Crippen molar-refractivity contribution in [3.63, 3.8) is 0 Å². The molecule has 126 valence electrons. The first-order chi connectivity index (χ1) is 11.5. The maximum absolute atomic E-state index is 12.2. The van der Waals surface area contributed by atoms with E-state index < -0.39 is 0 Å². The number of nitrogens with one attached hydrogen (secondary N) is 1. The lowest BCUT2D eigenvalue weighted by atomic mass is 10.1. The van der Waals surface area contributed by atoms with E-state index in [0.717, 1.165) is 11.3 Å². The Kier molecular flexibility index (Phi) is 6.09. The predicted octanol–water partition coefficient (Wildman–Crippen LogP) is 2.81. The molecule has 0 bridgehead atoms. The van der Waals surface area contributed by atoms with Crippen LogP contribution in [0, 0.1) is 0 Å². The van der Waals surface area contributed by atoms with Crippen molar-refractivity contribution in [2.24, 2.45) is 5.73 Å². The van der Waals surface area contributed by atoms with Crippen molar-refractivity contribution in [1.82, 2.24) is 4.90 Å². The van der Waals surface area contributed by atoms with Crippen molar-refractivity contribution in [3.05, 3.63) is 65.7 Å². The molecule has 3 N–H and O–H groups in total. The first kappa shape index (κ1) is 17.7. The molecule has 2 aromatic carbocycles. The van der Waals surface area contributed by atoms with Crippen LogP contribution >= 0.6 is 0 Å². The molecule has 2 amide bonds. The lowest BCUT2D eigenvalue weighted by Crippen LogP contribution is -2.27. The van der Waals surface area contributed by atoms with Gasteiger partial charge < -0.3 is 11.1 Å². The van der Waals surface area contributed by atoms with Crippen LogP contribution in [0.2, 0.25) is 0 Å². The van der Waals surface area contributed by atoms with Gasteiger partial charge >= 0.3 is 0 Å². The summed E-state index contributed by atoms with van der Waals surface area (Å²) >= 11 is 0. The normalized spacial score (nSPS) is 12.0. The van der Waals surface area contributed by atoms with Crippen LogP contribution in [0.3, 0.4) is 0 Å². The van der Waals surface area contributed by atoms with Gasteiger partial charge in [0.15, 0.2) is 0 Å². The third kappa shape index (κ3) is 4.93. The van der Waals surface area contributed by atoms with Gasteiger partial charge in [-0.2, -0.15) is 0 Å². The molecule has 2 aromatic rings. The van der Waals surface area contributed by atoms with Crippen molar-refractivity contribution in [2.45, 2.75) is 19.4 Å². The molecular formula is C19H23N3O2. The van der Waals surface area contributed by atoms with Crippen LogP contribution in [0.4, 0.5) is 5.69 Å². The molecule has 0 spiro atoms. The fourth-order valence-corrected chi connectivity index (χ4v) is 2.40. The average molecular weight is 325 g/mol. The van der Waals surface area contributed by atoms with E-state index in [1.165, 1.54) is 0 Å². The third-order valence-corrected chi connectivity index (χ3v) is 4.03. The summed E-state index contributed by atoms with van der Waals surface area (Å²) in [7, 11) is 1.95. The Morgan fingerprint density at radius 3 is 2.50 bits per heavy atom. The zero-order valence-electron chi connectivity index (χ0n) is 14.0. The van der Waals surface area contributed by atoms with Crippen molar-refractivity contribution < 1.29 is 9.59 Å². The topological polar surface area (TPSA) is 75.4 Å². The van der Waals surface area contributed by atoms with E-state index in [1.807, 2.05) is 49.5 Å². The Labute approximate surface area is 142 Å². The Morgan fingerprint density at radius 1 is 1.12 bits per heavy atom. The number of carbonyl (C=O) groups excluding carboxylic acids is 2. The zero-order valence-corrected chi connectivity index (χ0v) is 14.0. The van der Waals surface area contributed by atoms with Crippen LogP contribution in [0.1, 0.15) is 35.3 Å². The number of nitrogens with zero attached hydrogens (tertiary/aromatic N) is 1. The molecule has 24 heavy (non-hydrogen) atoms. The van der Waals surface area contributed by atoms with Crippen LogP contribution in [0.25, 0.3) is 0 Å². The van der Waals surface area contributed by atoms with Crippen LogP contribution in [-0.4, -0.2) is 30.3 Å². The van der Waals surface area contributed by atoms with Gasteiger partial charge in [0, 0.05) is 30.3 Å². The van der Waals surface area contributed by atoms with E-state index in [0.29, 0.717) is 18.5 Å². The summed E-state index contributed by atoms with van der Waals surface area (Å²) in [6.07, 6.45) is 0.325. The maximum atomic E-state index is 12.2. The summed E-state index contributed by atoms with van der Waals surface area (Å²) in [5.41, 5.74) is 7.63. The Morgan fingerprint density at radius 2 is 1.83 bits per heavy atom. The zero-order chi connectivity index (χ0) is 17.5. The molecule has 0 saturated carbocycles. The number of anilines is 1. The minimum atomic E-state index is -0.307. The van der Waals surface area contributed by atoms with Crippen molar-refractivity contribution >= 4 is 17.5 Å². The highest BCUT2D eigenvalue weighted by atomic mass is 16.2. The molecule has 1 atom stereocenters. The standard InChI is InChI=1S/C19H23N3O2/c1-14(22(2)12-11-18(20)23)16-9-6-10-17(13-16)21-19(24)15-7-4-3-5-8-15/h3-10,13-14H,11-12H2,1-2H3,(H2,20,23)(H,21,24). The Bertz CT molecular complexity index is 701. The number of primary amides is 1. The molecule has 5 nitrogen and oxygen atoms in total. The highest BCUT2D eigenvalue weighted by Crippen LogP contribution is 2.22. The molecule has 0 aliphatic rings. The summed E-state index contributed by atoms with van der Waals surface area (Å²) in [5, 5.41) is 2.91. The Hall–Kier alpha value is -2.66. The summed E-state index contributed by atoms with van der Waals surface area (Å²) in [6.45, 7) is 2.65. The lowest BCUT2D eigenvalue weighted by molar-refractivity contribution is -0.118. The Balaban J connectivity index is 2.05. The van der Waals surface area contributed by atoms with Gasteiger partial charge in [-0.25, -0.2) is 0 Å². The molecule has 1 unspecified atom stereocenters. The van der Waals surface area contributed by atoms with Gasteiger partial charge in [-0.05, 0) is 43.8 Å². The fraction of sp³-hybridized carbons (Fsp3) is 0.263. The van der Waals surface area contributed by atoms with Gasteiger partial charge in [0.25, 0.3) is 5.91 Å². The van der Waals surface area contributed by atoms with Gasteiger partial charge in [-0.1, -0.05) is 30.3 Å². The summed E-state index contributed by atoms with van der Waals surface area (Å²) in [4.78, 5) is 25.2. The molecule has 0 heterocycles. The van der Waals surface area contributed by atoms with Gasteiger partial charge in [0.2, 0.25) is 5.91 Å². The first-order valence-electron chi connectivity index (χ1n) is 7.92. The van der Waals surface area contributed by atoms with Crippen LogP contribution in [-0.2, 0) is 4.79 Å². The number of benzene rings is 2. The van der Waals surface area contributed by atoms with Gasteiger partial charge in [0.05, 0.1) is 0 Å². The summed E-state index contributed by atoms with van der Waals surface area (Å²) < 4.78 is 0. The van der Waals surface area contributed by atoms with Gasteiger partial charge in [-0.15, -0.1) is 0 Å². The number of nitrogens with two attached hydrogens (primary N) is 1. The number of hydrogen-bond acceptors (Lipinski definition) is 3. The average Bonchev–Trinajstić information content (AvgIpc) is 2.60. The van der Waals surface area contributed by atoms with Crippen LogP contribution in [0.15, 0.2) is 54.6 Å². The smallest absolute Gasteiger partial charge is 0.255 e. The molecule has 0 fully saturated rings. The predicted molar refractivity (Wildman–Crippen MR) is 95.7 cm³/mol. The molecule has 0 aromatic heterocycles. The van der Waals surface area contributed by atoms with Crippen molar-refractivity contribution in [3.8, 4) is 0 Å². The van der Waals surface area contributed by atoms with E-state index in [9.17, 15) is 9.59 Å².